The fourth-order valence-electron chi connectivity index (χ4n) is 1.18. The third-order valence-corrected chi connectivity index (χ3v) is 3.83. The Morgan fingerprint density at radius 3 is 3.00 bits per heavy atom. The summed E-state index contributed by atoms with van der Waals surface area (Å²) in [7, 11) is 0. The number of tetrazole rings is 1. The quantitative estimate of drug-likeness (QED) is 0.852. The van der Waals surface area contributed by atoms with E-state index in [1.165, 1.54) is 4.68 Å². The lowest BCUT2D eigenvalue weighted by Gasteiger charge is -2.06. The summed E-state index contributed by atoms with van der Waals surface area (Å²) in [6, 6.07) is 1.14. The van der Waals surface area contributed by atoms with Crippen LogP contribution in [0, 0.1) is 2.88 Å². The topological polar surface area (TPSA) is 80.9 Å². The second-order valence-electron chi connectivity index (χ2n) is 3.10. The highest BCUT2D eigenvalue weighted by Gasteiger charge is 2.20. The zero-order valence-corrected chi connectivity index (χ0v) is 11.1. The van der Waals surface area contributed by atoms with Gasteiger partial charge in [0.2, 0.25) is 0 Å². The Morgan fingerprint density at radius 2 is 2.44 bits per heavy atom. The molecule has 1 N–H and O–H groups in total. The number of carboxylic acid groups (broad SMARTS) is 1. The van der Waals surface area contributed by atoms with Crippen LogP contribution in [0.25, 0.3) is 11.4 Å². The van der Waals surface area contributed by atoms with Gasteiger partial charge in [-0.05, 0) is 46.0 Å². The zero-order valence-electron chi connectivity index (χ0n) is 8.16. The van der Waals surface area contributed by atoms with Gasteiger partial charge in [0, 0.05) is 10.9 Å². The number of carboxylic acids is 1. The highest BCUT2D eigenvalue weighted by Crippen LogP contribution is 2.25. The SMILES string of the molecule is CC(C(=O)O)n1nnnc1-c1csc(I)c1. The zero-order chi connectivity index (χ0) is 11.7. The van der Waals surface area contributed by atoms with Crippen LogP contribution < -0.4 is 0 Å². The minimum absolute atomic E-state index is 0.481. The minimum atomic E-state index is -0.960. The van der Waals surface area contributed by atoms with Crippen LogP contribution in [0.3, 0.4) is 0 Å². The predicted octanol–water partition coefficient (Wildman–Crippen LogP) is 1.65. The largest absolute Gasteiger partial charge is 0.480 e. The third-order valence-electron chi connectivity index (χ3n) is 2.04. The minimum Gasteiger partial charge on any atom is -0.480 e. The van der Waals surface area contributed by atoms with Crippen molar-refractivity contribution in [1.29, 1.82) is 0 Å². The van der Waals surface area contributed by atoms with Gasteiger partial charge in [0.1, 0.15) is 0 Å². The van der Waals surface area contributed by atoms with Gasteiger partial charge in [-0.2, -0.15) is 0 Å². The molecule has 6 nitrogen and oxygen atoms in total. The van der Waals surface area contributed by atoms with Crippen molar-refractivity contribution in [2.45, 2.75) is 13.0 Å². The molecule has 0 spiro atoms. The first-order valence-corrected chi connectivity index (χ1v) is 6.30. The number of thiophene rings is 1. The predicted molar refractivity (Wildman–Crippen MR) is 66.2 cm³/mol. The maximum absolute atomic E-state index is 10.9. The summed E-state index contributed by atoms with van der Waals surface area (Å²) < 4.78 is 2.41. The molecule has 0 radical (unpaired) electrons. The van der Waals surface area contributed by atoms with Crippen LogP contribution in [-0.4, -0.2) is 31.3 Å². The van der Waals surface area contributed by atoms with Crippen molar-refractivity contribution in [3.8, 4) is 11.4 Å². The van der Waals surface area contributed by atoms with Gasteiger partial charge >= 0.3 is 5.97 Å². The molecule has 0 bridgehead atoms. The molecule has 2 aromatic rings. The molecule has 0 saturated heterocycles. The fraction of sp³-hybridized carbons (Fsp3) is 0.250. The van der Waals surface area contributed by atoms with Crippen molar-refractivity contribution in [1.82, 2.24) is 20.2 Å². The fourth-order valence-corrected chi connectivity index (χ4v) is 2.50. The number of halogens is 1. The van der Waals surface area contributed by atoms with E-state index in [4.69, 9.17) is 5.11 Å². The van der Waals surface area contributed by atoms with Crippen LogP contribution in [0.2, 0.25) is 0 Å². The molecule has 2 rings (SSSR count). The summed E-state index contributed by atoms with van der Waals surface area (Å²) in [5.41, 5.74) is 0.840. The Bertz CT molecular complexity index is 524. The monoisotopic (exact) mass is 350 g/mol. The summed E-state index contributed by atoms with van der Waals surface area (Å²) >= 11 is 3.75. The third kappa shape index (κ3) is 2.07. The van der Waals surface area contributed by atoms with Crippen molar-refractivity contribution in [3.63, 3.8) is 0 Å². The highest BCUT2D eigenvalue weighted by atomic mass is 127. The Morgan fingerprint density at radius 1 is 1.69 bits per heavy atom. The maximum atomic E-state index is 10.9. The Hall–Kier alpha value is -1.03. The van der Waals surface area contributed by atoms with Gasteiger partial charge in [-0.1, -0.05) is 0 Å². The number of carbonyl (C=O) groups is 1. The van der Waals surface area contributed by atoms with Gasteiger partial charge in [0.05, 0.1) is 2.88 Å². The second kappa shape index (κ2) is 4.45. The first kappa shape index (κ1) is 11.5. The van der Waals surface area contributed by atoms with Crippen molar-refractivity contribution in [2.75, 3.05) is 0 Å². The summed E-state index contributed by atoms with van der Waals surface area (Å²) in [5.74, 6) is -0.479. The smallest absolute Gasteiger partial charge is 0.328 e. The number of rotatable bonds is 3. The highest BCUT2D eigenvalue weighted by molar-refractivity contribution is 14.1. The van der Waals surface area contributed by atoms with Crippen LogP contribution in [0.5, 0.6) is 0 Å². The number of aromatic nitrogens is 4. The Labute approximate surface area is 108 Å². The van der Waals surface area contributed by atoms with Gasteiger partial charge < -0.3 is 5.11 Å². The van der Waals surface area contributed by atoms with Crippen molar-refractivity contribution >= 4 is 39.9 Å². The average Bonchev–Trinajstić information content (AvgIpc) is 2.83. The summed E-state index contributed by atoms with van der Waals surface area (Å²) in [6.07, 6.45) is 0. The molecule has 0 aliphatic rings. The number of hydrogen-bond acceptors (Lipinski definition) is 5. The molecule has 0 aliphatic carbocycles. The van der Waals surface area contributed by atoms with Gasteiger partial charge in [-0.3, -0.25) is 0 Å². The standard InChI is InChI=1S/C8H7IN4O2S/c1-4(8(14)15)13-7(10-11-12-13)5-2-6(9)16-3-5/h2-4H,1H3,(H,14,15). The Kier molecular flexibility index (Phi) is 3.19. The number of aliphatic carboxylic acids is 1. The first-order chi connectivity index (χ1) is 7.59. The molecule has 0 amide bonds. The van der Waals surface area contributed by atoms with Gasteiger partial charge in [0.15, 0.2) is 11.9 Å². The van der Waals surface area contributed by atoms with E-state index >= 15 is 0 Å². The second-order valence-corrected chi connectivity index (χ2v) is 5.91. The molecule has 0 fully saturated rings. The molecule has 0 saturated carbocycles. The van der Waals surface area contributed by atoms with Crippen molar-refractivity contribution < 1.29 is 9.90 Å². The number of hydrogen-bond donors (Lipinski definition) is 1. The molecule has 8 heteroatoms. The van der Waals surface area contributed by atoms with Gasteiger partial charge in [-0.15, -0.1) is 16.4 Å². The van der Waals surface area contributed by atoms with Crippen LogP contribution in [0.1, 0.15) is 13.0 Å². The van der Waals surface area contributed by atoms with Gasteiger partial charge in [0.25, 0.3) is 0 Å². The molecular weight excluding hydrogens is 343 g/mol. The van der Waals surface area contributed by atoms with E-state index in [2.05, 4.69) is 38.1 Å². The van der Waals surface area contributed by atoms with Crippen LogP contribution in [0.4, 0.5) is 0 Å². The molecule has 0 aliphatic heterocycles. The van der Waals surface area contributed by atoms with Crippen molar-refractivity contribution in [3.05, 3.63) is 14.3 Å². The first-order valence-electron chi connectivity index (χ1n) is 4.34. The molecule has 1 unspecified atom stereocenters. The van der Waals surface area contributed by atoms with E-state index in [0.29, 0.717) is 5.82 Å². The van der Waals surface area contributed by atoms with Gasteiger partial charge in [-0.25, -0.2) is 9.48 Å². The molecule has 84 valence electrons. The molecular formula is C8H7IN4O2S. The average molecular weight is 350 g/mol. The van der Waals surface area contributed by atoms with Crippen molar-refractivity contribution in [2.24, 2.45) is 0 Å². The molecule has 1 atom stereocenters. The number of nitrogens with zero attached hydrogens (tertiary/aromatic N) is 4. The molecule has 2 aromatic heterocycles. The van der Waals surface area contributed by atoms with E-state index in [1.54, 1.807) is 18.3 Å². The van der Waals surface area contributed by atoms with E-state index in [-0.39, 0.29) is 0 Å². The van der Waals surface area contributed by atoms with E-state index in [9.17, 15) is 4.79 Å². The van der Waals surface area contributed by atoms with Crippen LogP contribution >= 0.6 is 33.9 Å². The maximum Gasteiger partial charge on any atom is 0.328 e. The van der Waals surface area contributed by atoms with E-state index in [1.807, 2.05) is 11.4 Å². The summed E-state index contributed by atoms with van der Waals surface area (Å²) in [4.78, 5) is 10.9. The molecule has 16 heavy (non-hydrogen) atoms. The molecule has 0 aromatic carbocycles. The van der Waals surface area contributed by atoms with Crippen LogP contribution in [0.15, 0.2) is 11.4 Å². The summed E-state index contributed by atoms with van der Waals surface area (Å²) in [5, 5.41) is 21.9. The lowest BCUT2D eigenvalue weighted by atomic mass is 10.3. The van der Waals surface area contributed by atoms with E-state index in [0.717, 1.165) is 8.45 Å². The molecule has 2 heterocycles. The summed E-state index contributed by atoms with van der Waals surface area (Å²) in [6.45, 7) is 1.54. The lowest BCUT2D eigenvalue weighted by Crippen LogP contribution is -2.17. The van der Waals surface area contributed by atoms with Crippen LogP contribution in [-0.2, 0) is 4.79 Å². The van der Waals surface area contributed by atoms with E-state index < -0.39 is 12.0 Å². The lowest BCUT2D eigenvalue weighted by molar-refractivity contribution is -0.140. The Balaban J connectivity index is 2.43. The normalized spacial score (nSPS) is 12.6.